The molecule has 3 heteroatoms. The maximum absolute atomic E-state index is 9.72. The molecular formula is C13H21NO2. The van der Waals surface area contributed by atoms with Gasteiger partial charge in [0, 0.05) is 12.1 Å². The van der Waals surface area contributed by atoms with Gasteiger partial charge in [-0.1, -0.05) is 13.3 Å². The second-order valence-electron chi connectivity index (χ2n) is 4.09. The maximum Gasteiger partial charge on any atom is 0.120 e. The van der Waals surface area contributed by atoms with Crippen LogP contribution >= 0.6 is 0 Å². The zero-order valence-electron chi connectivity index (χ0n) is 10.4. The number of hydrogen-bond donors (Lipinski definition) is 1. The number of hydrogen-bond acceptors (Lipinski definition) is 3. The van der Waals surface area contributed by atoms with E-state index in [4.69, 9.17) is 4.74 Å². The number of ether oxygens (including phenoxy) is 1. The Morgan fingerprint density at radius 3 is 2.75 bits per heavy atom. The van der Waals surface area contributed by atoms with Crippen molar-refractivity contribution in [1.29, 1.82) is 0 Å². The van der Waals surface area contributed by atoms with Crippen LogP contribution in [0.4, 0.5) is 0 Å². The Kier molecular flexibility index (Phi) is 5.12. The molecule has 0 unspecified atom stereocenters. The van der Waals surface area contributed by atoms with Crippen LogP contribution in [0.15, 0.2) is 18.2 Å². The van der Waals surface area contributed by atoms with Gasteiger partial charge in [-0.2, -0.15) is 0 Å². The van der Waals surface area contributed by atoms with E-state index in [2.05, 4.69) is 18.9 Å². The molecule has 0 atom stereocenters. The summed E-state index contributed by atoms with van der Waals surface area (Å²) < 4.78 is 5.14. The molecule has 0 bridgehead atoms. The quantitative estimate of drug-likeness (QED) is 0.804. The van der Waals surface area contributed by atoms with Gasteiger partial charge >= 0.3 is 0 Å². The lowest BCUT2D eigenvalue weighted by Gasteiger charge is -2.17. The number of aromatic hydroxyl groups is 1. The minimum Gasteiger partial charge on any atom is -0.508 e. The summed E-state index contributed by atoms with van der Waals surface area (Å²) in [7, 11) is 3.70. The van der Waals surface area contributed by atoms with Crippen LogP contribution in [0.25, 0.3) is 0 Å². The van der Waals surface area contributed by atoms with Crippen LogP contribution in [0, 0.1) is 0 Å². The van der Waals surface area contributed by atoms with E-state index in [1.807, 2.05) is 6.07 Å². The highest BCUT2D eigenvalue weighted by Gasteiger charge is 2.06. The predicted octanol–water partition coefficient (Wildman–Crippen LogP) is 2.63. The average Bonchev–Trinajstić information content (AvgIpc) is 2.29. The van der Waals surface area contributed by atoms with Crippen molar-refractivity contribution in [2.24, 2.45) is 0 Å². The predicted molar refractivity (Wildman–Crippen MR) is 65.9 cm³/mol. The topological polar surface area (TPSA) is 32.7 Å². The van der Waals surface area contributed by atoms with Gasteiger partial charge in [0.2, 0.25) is 0 Å². The smallest absolute Gasteiger partial charge is 0.120 e. The van der Waals surface area contributed by atoms with Crippen molar-refractivity contribution >= 4 is 0 Å². The van der Waals surface area contributed by atoms with Gasteiger partial charge in [-0.25, -0.2) is 0 Å². The fourth-order valence-electron chi connectivity index (χ4n) is 1.61. The third-order valence-electron chi connectivity index (χ3n) is 2.62. The van der Waals surface area contributed by atoms with Gasteiger partial charge in [-0.3, -0.25) is 0 Å². The van der Waals surface area contributed by atoms with E-state index in [9.17, 15) is 5.11 Å². The van der Waals surface area contributed by atoms with E-state index >= 15 is 0 Å². The molecule has 0 amide bonds. The Morgan fingerprint density at radius 2 is 2.12 bits per heavy atom. The van der Waals surface area contributed by atoms with Crippen molar-refractivity contribution in [3.63, 3.8) is 0 Å². The Morgan fingerprint density at radius 1 is 1.38 bits per heavy atom. The molecule has 3 nitrogen and oxygen atoms in total. The molecule has 0 aliphatic rings. The standard InChI is InChI=1S/C13H21NO2/c1-4-5-8-14(2)10-11-9-12(16-3)6-7-13(11)15/h6-7,9,15H,4-5,8,10H2,1-3H3. The normalized spacial score (nSPS) is 10.8. The Balaban J connectivity index is 2.64. The Hall–Kier alpha value is -1.22. The number of nitrogens with zero attached hydrogens (tertiary/aromatic N) is 1. The van der Waals surface area contributed by atoms with Crippen molar-refractivity contribution in [3.8, 4) is 11.5 Å². The van der Waals surface area contributed by atoms with E-state index in [0.29, 0.717) is 5.75 Å². The summed E-state index contributed by atoms with van der Waals surface area (Å²) >= 11 is 0. The highest BCUT2D eigenvalue weighted by atomic mass is 16.5. The number of methoxy groups -OCH3 is 1. The van der Waals surface area contributed by atoms with Gasteiger partial charge in [0.25, 0.3) is 0 Å². The van der Waals surface area contributed by atoms with E-state index in [1.54, 1.807) is 19.2 Å². The fraction of sp³-hybridized carbons (Fsp3) is 0.538. The maximum atomic E-state index is 9.72. The summed E-state index contributed by atoms with van der Waals surface area (Å²) in [6.07, 6.45) is 2.37. The molecule has 0 saturated carbocycles. The largest absolute Gasteiger partial charge is 0.508 e. The van der Waals surface area contributed by atoms with Crippen LogP contribution in [-0.2, 0) is 6.54 Å². The number of benzene rings is 1. The molecule has 1 aromatic rings. The molecule has 1 rings (SSSR count). The highest BCUT2D eigenvalue weighted by Crippen LogP contribution is 2.23. The molecule has 0 spiro atoms. The summed E-state index contributed by atoms with van der Waals surface area (Å²) in [5, 5.41) is 9.72. The summed E-state index contributed by atoms with van der Waals surface area (Å²) in [5.74, 6) is 1.13. The molecule has 0 radical (unpaired) electrons. The molecule has 90 valence electrons. The van der Waals surface area contributed by atoms with Crippen molar-refractivity contribution in [1.82, 2.24) is 4.90 Å². The molecule has 0 aliphatic heterocycles. The van der Waals surface area contributed by atoms with Gasteiger partial charge in [0.1, 0.15) is 11.5 Å². The number of rotatable bonds is 6. The summed E-state index contributed by atoms with van der Waals surface area (Å²) in [6.45, 7) is 3.98. The lowest BCUT2D eigenvalue weighted by molar-refractivity contribution is 0.313. The van der Waals surface area contributed by atoms with Gasteiger partial charge in [0.05, 0.1) is 7.11 Å². The summed E-state index contributed by atoms with van der Waals surface area (Å²) in [6, 6.07) is 5.34. The van der Waals surface area contributed by atoms with Gasteiger partial charge < -0.3 is 14.7 Å². The number of phenols is 1. The van der Waals surface area contributed by atoms with Crippen LogP contribution in [0.5, 0.6) is 11.5 Å². The van der Waals surface area contributed by atoms with E-state index in [0.717, 1.165) is 24.4 Å². The third kappa shape index (κ3) is 3.74. The summed E-state index contributed by atoms with van der Waals surface area (Å²) in [5.41, 5.74) is 0.915. The first-order chi connectivity index (χ1) is 7.67. The molecular weight excluding hydrogens is 202 g/mol. The van der Waals surface area contributed by atoms with Gasteiger partial charge in [0.15, 0.2) is 0 Å². The van der Waals surface area contributed by atoms with E-state index < -0.39 is 0 Å². The Bertz CT molecular complexity index is 326. The lowest BCUT2D eigenvalue weighted by atomic mass is 10.1. The zero-order chi connectivity index (χ0) is 12.0. The first-order valence-corrected chi connectivity index (χ1v) is 5.71. The first kappa shape index (κ1) is 12.8. The molecule has 1 N–H and O–H groups in total. The Labute approximate surface area is 97.7 Å². The van der Waals surface area contributed by atoms with E-state index in [1.165, 1.54) is 12.8 Å². The second-order valence-corrected chi connectivity index (χ2v) is 4.09. The monoisotopic (exact) mass is 223 g/mol. The molecule has 0 fully saturated rings. The molecule has 0 aliphatic carbocycles. The molecule has 16 heavy (non-hydrogen) atoms. The fourth-order valence-corrected chi connectivity index (χ4v) is 1.61. The van der Waals surface area contributed by atoms with Crippen molar-refractivity contribution < 1.29 is 9.84 Å². The molecule has 0 aromatic heterocycles. The first-order valence-electron chi connectivity index (χ1n) is 5.71. The average molecular weight is 223 g/mol. The third-order valence-corrected chi connectivity index (χ3v) is 2.62. The van der Waals surface area contributed by atoms with Gasteiger partial charge in [-0.15, -0.1) is 0 Å². The van der Waals surface area contributed by atoms with E-state index in [-0.39, 0.29) is 0 Å². The second kappa shape index (κ2) is 6.38. The van der Waals surface area contributed by atoms with Crippen LogP contribution < -0.4 is 4.74 Å². The van der Waals surface area contributed by atoms with Crippen molar-refractivity contribution in [2.45, 2.75) is 26.3 Å². The summed E-state index contributed by atoms with van der Waals surface area (Å²) in [4.78, 5) is 2.21. The SMILES string of the molecule is CCCCN(C)Cc1cc(OC)ccc1O. The lowest BCUT2D eigenvalue weighted by Crippen LogP contribution is -2.18. The van der Waals surface area contributed by atoms with Gasteiger partial charge in [-0.05, 0) is 38.2 Å². The van der Waals surface area contributed by atoms with Crippen LogP contribution in [-0.4, -0.2) is 30.7 Å². The van der Waals surface area contributed by atoms with Crippen molar-refractivity contribution in [2.75, 3.05) is 20.7 Å². The van der Waals surface area contributed by atoms with Crippen LogP contribution in [0.2, 0.25) is 0 Å². The molecule has 1 aromatic carbocycles. The minimum absolute atomic E-state index is 0.337. The minimum atomic E-state index is 0.337. The van der Waals surface area contributed by atoms with Crippen LogP contribution in [0.3, 0.4) is 0 Å². The molecule has 0 heterocycles. The van der Waals surface area contributed by atoms with Crippen LogP contribution in [0.1, 0.15) is 25.3 Å². The number of unbranched alkanes of at least 4 members (excludes halogenated alkanes) is 1. The van der Waals surface area contributed by atoms with Crippen molar-refractivity contribution in [3.05, 3.63) is 23.8 Å². The zero-order valence-corrected chi connectivity index (χ0v) is 10.4. The molecule has 0 saturated heterocycles. The highest BCUT2D eigenvalue weighted by molar-refractivity contribution is 5.39. The number of phenolic OH excluding ortho intramolecular Hbond substituents is 1.